The van der Waals surface area contributed by atoms with E-state index in [0.29, 0.717) is 11.4 Å². The fourth-order valence-electron chi connectivity index (χ4n) is 2.27. The van der Waals surface area contributed by atoms with Crippen LogP contribution in [-0.2, 0) is 6.54 Å². The van der Waals surface area contributed by atoms with Crippen LogP contribution in [0.4, 0.5) is 4.39 Å². The second kappa shape index (κ2) is 7.97. The first kappa shape index (κ1) is 17.3. The largest absolute Gasteiger partial charge is 0.403 e. The summed E-state index contributed by atoms with van der Waals surface area (Å²) in [6.45, 7) is 4.24. The van der Waals surface area contributed by atoms with Crippen LogP contribution in [0, 0.1) is 17.1 Å². The predicted molar refractivity (Wildman–Crippen MR) is 91.6 cm³/mol. The second-order valence-electron chi connectivity index (χ2n) is 5.44. The summed E-state index contributed by atoms with van der Waals surface area (Å²) in [6.07, 6.45) is 5.76. The zero-order chi connectivity index (χ0) is 17.5. The zero-order valence-electron chi connectivity index (χ0n) is 13.6. The molecule has 0 spiro atoms. The van der Waals surface area contributed by atoms with E-state index in [9.17, 15) is 4.39 Å². The van der Waals surface area contributed by atoms with Gasteiger partial charge in [0.2, 0.25) is 0 Å². The maximum absolute atomic E-state index is 13.6. The Morgan fingerprint density at radius 3 is 2.79 bits per heavy atom. The van der Waals surface area contributed by atoms with Crippen molar-refractivity contribution in [3.8, 4) is 17.3 Å². The molecule has 2 rings (SSSR count). The van der Waals surface area contributed by atoms with Crippen molar-refractivity contribution in [3.63, 3.8) is 0 Å². The molecule has 2 N–H and O–H groups in total. The molecule has 122 valence electrons. The molecule has 0 aliphatic carbocycles. The normalized spacial score (nSPS) is 11.9. The number of nitrogens with two attached hydrogens (primary N) is 1. The molecule has 0 aliphatic rings. The quantitative estimate of drug-likeness (QED) is 0.675. The van der Waals surface area contributed by atoms with Gasteiger partial charge < -0.3 is 5.73 Å². The van der Waals surface area contributed by atoms with Crippen molar-refractivity contribution in [1.29, 1.82) is 5.26 Å². The van der Waals surface area contributed by atoms with E-state index in [4.69, 9.17) is 11.0 Å². The molecule has 0 atom stereocenters. The minimum absolute atomic E-state index is 0.138. The minimum Gasteiger partial charge on any atom is -0.403 e. The Morgan fingerprint density at radius 1 is 1.38 bits per heavy atom. The monoisotopic (exact) mass is 323 g/mol. The number of halogens is 1. The Kier molecular flexibility index (Phi) is 5.74. The lowest BCUT2D eigenvalue weighted by molar-refractivity contribution is 0.623. The van der Waals surface area contributed by atoms with Gasteiger partial charge in [0.1, 0.15) is 11.9 Å². The summed E-state index contributed by atoms with van der Waals surface area (Å²) in [6, 6.07) is 6.57. The second-order valence-corrected chi connectivity index (χ2v) is 5.44. The number of allylic oxidation sites excluding steroid dienone is 1. The molecule has 1 aromatic heterocycles. The third-order valence-electron chi connectivity index (χ3n) is 3.44. The Balaban J connectivity index is 2.42. The van der Waals surface area contributed by atoms with E-state index in [-0.39, 0.29) is 23.9 Å². The first-order chi connectivity index (χ1) is 11.6. The zero-order valence-corrected chi connectivity index (χ0v) is 13.6. The number of hydrogen-bond acceptors (Lipinski definition) is 5. The minimum atomic E-state index is -0.280. The highest BCUT2D eigenvalue weighted by Gasteiger charge is 2.14. The van der Waals surface area contributed by atoms with E-state index >= 15 is 0 Å². The van der Waals surface area contributed by atoms with Crippen LogP contribution >= 0.6 is 0 Å². The van der Waals surface area contributed by atoms with E-state index in [0.717, 1.165) is 11.1 Å². The first-order valence-corrected chi connectivity index (χ1v) is 7.48. The average molecular weight is 323 g/mol. The van der Waals surface area contributed by atoms with Crippen molar-refractivity contribution in [2.24, 2.45) is 10.7 Å². The standard InChI is InChI=1S/C18H18FN5/c1-12(2)16-7-14(19)3-4-15(16)18-17(23-5-6-24-18)11-22-10-13(8-20)9-21/h3-8,10,12H,11,20H2,1-2H3. The number of nitriles is 1. The average Bonchev–Trinajstić information content (AvgIpc) is 2.59. The molecule has 5 nitrogen and oxygen atoms in total. The van der Waals surface area contributed by atoms with E-state index in [2.05, 4.69) is 15.0 Å². The molecule has 0 saturated heterocycles. The highest BCUT2D eigenvalue weighted by Crippen LogP contribution is 2.30. The summed E-state index contributed by atoms with van der Waals surface area (Å²) in [5.41, 5.74) is 8.58. The molecule has 24 heavy (non-hydrogen) atoms. The molecule has 1 heterocycles. The summed E-state index contributed by atoms with van der Waals surface area (Å²) in [5.74, 6) is -0.142. The van der Waals surface area contributed by atoms with Crippen molar-refractivity contribution in [2.75, 3.05) is 0 Å². The lowest BCUT2D eigenvalue weighted by atomic mass is 9.94. The number of aliphatic imine (C=N–C) groups is 1. The van der Waals surface area contributed by atoms with Gasteiger partial charge in [-0.15, -0.1) is 0 Å². The molecular formula is C18H18FN5. The Labute approximate surface area is 140 Å². The fourth-order valence-corrected chi connectivity index (χ4v) is 2.27. The summed E-state index contributed by atoms with van der Waals surface area (Å²) in [4.78, 5) is 12.9. The molecule has 6 heteroatoms. The number of aromatic nitrogens is 2. The van der Waals surface area contributed by atoms with Crippen LogP contribution in [0.1, 0.15) is 31.0 Å². The fraction of sp³-hybridized carbons (Fsp3) is 0.222. The van der Waals surface area contributed by atoms with Crippen LogP contribution in [0.15, 0.2) is 47.4 Å². The maximum atomic E-state index is 13.6. The Morgan fingerprint density at radius 2 is 2.12 bits per heavy atom. The van der Waals surface area contributed by atoms with Crippen LogP contribution in [-0.4, -0.2) is 16.2 Å². The molecule has 0 saturated carbocycles. The van der Waals surface area contributed by atoms with Crippen LogP contribution < -0.4 is 5.73 Å². The summed E-state index contributed by atoms with van der Waals surface area (Å²) in [5, 5.41) is 8.83. The molecule has 0 aliphatic heterocycles. The summed E-state index contributed by atoms with van der Waals surface area (Å²) in [7, 11) is 0. The van der Waals surface area contributed by atoms with E-state index < -0.39 is 0 Å². The van der Waals surface area contributed by atoms with Crippen LogP contribution in [0.2, 0.25) is 0 Å². The van der Waals surface area contributed by atoms with Crippen molar-refractivity contribution >= 4 is 6.21 Å². The van der Waals surface area contributed by atoms with Gasteiger partial charge in [-0.25, -0.2) is 4.39 Å². The molecular weight excluding hydrogens is 305 g/mol. The molecule has 2 aromatic rings. The Hall–Kier alpha value is -3.07. The van der Waals surface area contributed by atoms with Gasteiger partial charge in [-0.3, -0.25) is 15.0 Å². The van der Waals surface area contributed by atoms with Crippen molar-refractivity contribution in [3.05, 3.63) is 59.4 Å². The third-order valence-corrected chi connectivity index (χ3v) is 3.44. The van der Waals surface area contributed by atoms with Gasteiger partial charge >= 0.3 is 0 Å². The van der Waals surface area contributed by atoms with E-state index in [1.54, 1.807) is 18.5 Å². The van der Waals surface area contributed by atoms with Gasteiger partial charge in [0.05, 0.1) is 23.5 Å². The van der Waals surface area contributed by atoms with Gasteiger partial charge in [0.25, 0.3) is 0 Å². The SMILES string of the molecule is CC(C)c1cc(F)ccc1-c1nccnc1CN=CC(C#N)=CN. The van der Waals surface area contributed by atoms with Crippen LogP contribution in [0.25, 0.3) is 11.3 Å². The highest BCUT2D eigenvalue weighted by molar-refractivity contribution is 5.83. The summed E-state index contributed by atoms with van der Waals surface area (Å²) >= 11 is 0. The van der Waals surface area contributed by atoms with E-state index in [1.165, 1.54) is 24.5 Å². The van der Waals surface area contributed by atoms with Gasteiger partial charge in [0.15, 0.2) is 0 Å². The Bertz CT molecular complexity index is 818. The van der Waals surface area contributed by atoms with Crippen LogP contribution in [0.5, 0.6) is 0 Å². The smallest absolute Gasteiger partial charge is 0.123 e. The van der Waals surface area contributed by atoms with Gasteiger partial charge in [0, 0.05) is 30.4 Å². The molecule has 1 aromatic carbocycles. The van der Waals surface area contributed by atoms with Crippen molar-refractivity contribution in [1.82, 2.24) is 9.97 Å². The molecule has 0 bridgehead atoms. The number of hydrogen-bond donors (Lipinski definition) is 1. The third kappa shape index (κ3) is 4.02. The van der Waals surface area contributed by atoms with Gasteiger partial charge in [-0.05, 0) is 29.7 Å². The number of rotatable bonds is 5. The number of nitrogens with zero attached hydrogens (tertiary/aromatic N) is 4. The van der Waals surface area contributed by atoms with E-state index in [1.807, 2.05) is 19.9 Å². The maximum Gasteiger partial charge on any atom is 0.123 e. The lowest BCUT2D eigenvalue weighted by Crippen LogP contribution is -2.01. The molecule has 0 amide bonds. The molecule has 0 fully saturated rings. The number of benzene rings is 1. The predicted octanol–water partition coefficient (Wildman–Crippen LogP) is 3.34. The summed E-state index contributed by atoms with van der Waals surface area (Å²) < 4.78 is 13.6. The molecule has 0 radical (unpaired) electrons. The van der Waals surface area contributed by atoms with Crippen molar-refractivity contribution < 1.29 is 4.39 Å². The van der Waals surface area contributed by atoms with Crippen molar-refractivity contribution in [2.45, 2.75) is 26.3 Å². The van der Waals surface area contributed by atoms with Gasteiger partial charge in [-0.1, -0.05) is 13.8 Å². The molecule has 0 unspecified atom stereocenters. The first-order valence-electron chi connectivity index (χ1n) is 7.48. The highest BCUT2D eigenvalue weighted by atomic mass is 19.1. The van der Waals surface area contributed by atoms with Gasteiger partial charge in [-0.2, -0.15) is 5.26 Å². The topological polar surface area (TPSA) is 88.0 Å². The lowest BCUT2D eigenvalue weighted by Gasteiger charge is -2.14. The van der Waals surface area contributed by atoms with Crippen LogP contribution in [0.3, 0.4) is 0 Å².